The van der Waals surface area contributed by atoms with Crippen LogP contribution < -0.4 is 4.74 Å². The lowest BCUT2D eigenvalue weighted by Gasteiger charge is -2.27. The summed E-state index contributed by atoms with van der Waals surface area (Å²) in [6.45, 7) is 7.81. The molecule has 19 heavy (non-hydrogen) atoms. The van der Waals surface area contributed by atoms with E-state index in [1.54, 1.807) is 11.8 Å². The molecule has 0 spiro atoms. The number of hydrogen-bond acceptors (Lipinski definition) is 3. The smallest absolute Gasteiger partial charge is 0.260 e. The van der Waals surface area contributed by atoms with E-state index >= 15 is 0 Å². The van der Waals surface area contributed by atoms with Gasteiger partial charge in [0.15, 0.2) is 6.61 Å². The molecule has 1 atom stereocenters. The standard InChI is InChI=1S/C15H23NO3/c1-11(2)16(9-13(4)17)15(18)10-19-14-7-5-6-12(3)8-14/h5-8,11,13,17H,9-10H2,1-4H3. The van der Waals surface area contributed by atoms with Crippen LogP contribution >= 0.6 is 0 Å². The molecule has 0 aliphatic carbocycles. The van der Waals surface area contributed by atoms with Crippen LogP contribution in [0.3, 0.4) is 0 Å². The van der Waals surface area contributed by atoms with E-state index in [1.807, 2.05) is 45.0 Å². The third-order valence-electron chi connectivity index (χ3n) is 2.76. The van der Waals surface area contributed by atoms with Gasteiger partial charge >= 0.3 is 0 Å². The predicted octanol–water partition coefficient (Wildman–Crippen LogP) is 1.99. The summed E-state index contributed by atoms with van der Waals surface area (Å²) < 4.78 is 5.49. The van der Waals surface area contributed by atoms with Gasteiger partial charge in [0.2, 0.25) is 0 Å². The van der Waals surface area contributed by atoms with Crippen LogP contribution in [0.2, 0.25) is 0 Å². The van der Waals surface area contributed by atoms with Gasteiger partial charge in [0.05, 0.1) is 6.10 Å². The topological polar surface area (TPSA) is 49.8 Å². The highest BCUT2D eigenvalue weighted by atomic mass is 16.5. The minimum Gasteiger partial charge on any atom is -0.484 e. The summed E-state index contributed by atoms with van der Waals surface area (Å²) in [6.07, 6.45) is -0.537. The minimum absolute atomic E-state index is 0.00560. The molecule has 0 aromatic heterocycles. The van der Waals surface area contributed by atoms with Gasteiger partial charge in [0, 0.05) is 12.6 Å². The first-order valence-electron chi connectivity index (χ1n) is 6.57. The van der Waals surface area contributed by atoms with Crippen LogP contribution in [0.25, 0.3) is 0 Å². The predicted molar refractivity (Wildman–Crippen MR) is 75.2 cm³/mol. The van der Waals surface area contributed by atoms with Crippen molar-refractivity contribution in [2.45, 2.75) is 39.8 Å². The first-order chi connectivity index (χ1) is 8.90. The number of carbonyl (C=O) groups excluding carboxylic acids is 1. The third kappa shape index (κ3) is 5.30. The van der Waals surface area contributed by atoms with Gasteiger partial charge in [0.1, 0.15) is 5.75 Å². The number of benzene rings is 1. The van der Waals surface area contributed by atoms with Gasteiger partial charge in [-0.2, -0.15) is 0 Å². The number of nitrogens with zero attached hydrogens (tertiary/aromatic N) is 1. The number of rotatable bonds is 6. The van der Waals surface area contributed by atoms with Crippen LogP contribution in [-0.2, 0) is 4.79 Å². The second-order valence-corrected chi connectivity index (χ2v) is 5.09. The van der Waals surface area contributed by atoms with Crippen LogP contribution in [-0.4, -0.2) is 41.2 Å². The van der Waals surface area contributed by atoms with Crippen molar-refractivity contribution >= 4 is 5.91 Å². The molecule has 1 aromatic rings. The number of hydrogen-bond donors (Lipinski definition) is 1. The van der Waals surface area contributed by atoms with Crippen LogP contribution in [0.4, 0.5) is 0 Å². The summed E-state index contributed by atoms with van der Waals surface area (Å²) in [4.78, 5) is 13.7. The lowest BCUT2D eigenvalue weighted by Crippen LogP contribution is -2.43. The molecule has 1 unspecified atom stereocenters. The van der Waals surface area contributed by atoms with E-state index < -0.39 is 6.10 Å². The Morgan fingerprint density at radius 2 is 2.05 bits per heavy atom. The van der Waals surface area contributed by atoms with E-state index in [0.29, 0.717) is 12.3 Å². The highest BCUT2D eigenvalue weighted by Crippen LogP contribution is 2.12. The number of ether oxygens (including phenoxy) is 1. The van der Waals surface area contributed by atoms with Crippen molar-refractivity contribution in [1.29, 1.82) is 0 Å². The first kappa shape index (κ1) is 15.5. The van der Waals surface area contributed by atoms with E-state index in [1.165, 1.54) is 0 Å². The van der Waals surface area contributed by atoms with E-state index in [4.69, 9.17) is 4.74 Å². The van der Waals surface area contributed by atoms with Crippen molar-refractivity contribution in [1.82, 2.24) is 4.90 Å². The molecular formula is C15H23NO3. The Kier molecular flexibility index (Phi) is 5.83. The Bertz CT molecular complexity index is 416. The monoisotopic (exact) mass is 265 g/mol. The maximum Gasteiger partial charge on any atom is 0.260 e. The lowest BCUT2D eigenvalue weighted by molar-refractivity contribution is -0.136. The van der Waals surface area contributed by atoms with Gasteiger partial charge in [-0.1, -0.05) is 12.1 Å². The average molecular weight is 265 g/mol. The van der Waals surface area contributed by atoms with E-state index in [2.05, 4.69) is 0 Å². The number of aliphatic hydroxyl groups excluding tert-OH is 1. The summed E-state index contributed by atoms with van der Waals surface area (Å²) >= 11 is 0. The van der Waals surface area contributed by atoms with Crippen molar-refractivity contribution in [2.24, 2.45) is 0 Å². The van der Waals surface area contributed by atoms with Crippen molar-refractivity contribution in [3.63, 3.8) is 0 Å². The Balaban J connectivity index is 2.57. The number of amides is 1. The molecule has 0 fully saturated rings. The summed E-state index contributed by atoms with van der Waals surface area (Å²) in [5.74, 6) is 0.575. The van der Waals surface area contributed by atoms with Crippen molar-refractivity contribution < 1.29 is 14.6 Å². The van der Waals surface area contributed by atoms with Gasteiger partial charge < -0.3 is 14.7 Å². The summed E-state index contributed by atoms with van der Waals surface area (Å²) in [6, 6.07) is 7.63. The van der Waals surface area contributed by atoms with Gasteiger partial charge in [-0.15, -0.1) is 0 Å². The second-order valence-electron chi connectivity index (χ2n) is 5.09. The molecule has 0 aliphatic heterocycles. The van der Waals surface area contributed by atoms with Crippen LogP contribution in [0.15, 0.2) is 24.3 Å². The Morgan fingerprint density at radius 3 is 2.58 bits per heavy atom. The quantitative estimate of drug-likeness (QED) is 0.855. The summed E-state index contributed by atoms with van der Waals surface area (Å²) in [5.41, 5.74) is 1.09. The Labute approximate surface area is 115 Å². The number of aryl methyl sites for hydroxylation is 1. The van der Waals surface area contributed by atoms with Crippen LogP contribution in [0.1, 0.15) is 26.3 Å². The third-order valence-corrected chi connectivity index (χ3v) is 2.76. The summed E-state index contributed by atoms with van der Waals surface area (Å²) in [5, 5.41) is 9.41. The van der Waals surface area contributed by atoms with E-state index in [0.717, 1.165) is 5.56 Å². The number of aliphatic hydroxyl groups is 1. The molecule has 0 heterocycles. The highest BCUT2D eigenvalue weighted by molar-refractivity contribution is 5.78. The zero-order valence-electron chi connectivity index (χ0n) is 12.1. The van der Waals surface area contributed by atoms with Gasteiger partial charge in [-0.05, 0) is 45.4 Å². The maximum atomic E-state index is 12.1. The molecule has 1 aromatic carbocycles. The summed E-state index contributed by atoms with van der Waals surface area (Å²) in [7, 11) is 0. The zero-order chi connectivity index (χ0) is 14.4. The van der Waals surface area contributed by atoms with Crippen LogP contribution in [0.5, 0.6) is 5.75 Å². The SMILES string of the molecule is Cc1cccc(OCC(=O)N(CC(C)O)C(C)C)c1. The van der Waals surface area contributed by atoms with E-state index in [9.17, 15) is 9.90 Å². The van der Waals surface area contributed by atoms with E-state index in [-0.39, 0.29) is 18.6 Å². The fraction of sp³-hybridized carbons (Fsp3) is 0.533. The maximum absolute atomic E-state index is 12.1. The largest absolute Gasteiger partial charge is 0.484 e. The molecule has 106 valence electrons. The molecule has 0 bridgehead atoms. The second kappa shape index (κ2) is 7.14. The zero-order valence-corrected chi connectivity index (χ0v) is 12.1. The lowest BCUT2D eigenvalue weighted by atomic mass is 10.2. The Hall–Kier alpha value is -1.55. The molecule has 1 rings (SSSR count). The van der Waals surface area contributed by atoms with Gasteiger partial charge in [-0.3, -0.25) is 4.79 Å². The molecular weight excluding hydrogens is 242 g/mol. The van der Waals surface area contributed by atoms with Gasteiger partial charge in [0.25, 0.3) is 5.91 Å². The molecule has 0 saturated carbocycles. The van der Waals surface area contributed by atoms with Crippen LogP contribution in [0, 0.1) is 6.92 Å². The van der Waals surface area contributed by atoms with Crippen molar-refractivity contribution in [3.8, 4) is 5.75 Å². The average Bonchev–Trinajstić information content (AvgIpc) is 2.32. The molecule has 1 amide bonds. The highest BCUT2D eigenvalue weighted by Gasteiger charge is 2.19. The molecule has 1 N–H and O–H groups in total. The van der Waals surface area contributed by atoms with Gasteiger partial charge in [-0.25, -0.2) is 0 Å². The molecule has 4 nitrogen and oxygen atoms in total. The molecule has 0 saturated heterocycles. The van der Waals surface area contributed by atoms with Crippen molar-refractivity contribution in [2.75, 3.05) is 13.2 Å². The molecule has 0 radical (unpaired) electrons. The fourth-order valence-corrected chi connectivity index (χ4v) is 1.82. The first-order valence-corrected chi connectivity index (χ1v) is 6.57. The molecule has 0 aliphatic rings. The normalized spacial score (nSPS) is 12.3. The molecule has 4 heteroatoms. The Morgan fingerprint density at radius 1 is 1.37 bits per heavy atom. The fourth-order valence-electron chi connectivity index (χ4n) is 1.82. The van der Waals surface area contributed by atoms with Crippen molar-refractivity contribution in [3.05, 3.63) is 29.8 Å². The number of carbonyl (C=O) groups is 1. The minimum atomic E-state index is -0.537.